The van der Waals surface area contributed by atoms with Gasteiger partial charge in [-0.05, 0) is 89.9 Å². The molecule has 0 aliphatic rings. The number of phosphoric acid groups is 1. The van der Waals surface area contributed by atoms with E-state index in [0.29, 0.717) is 23.9 Å². The van der Waals surface area contributed by atoms with Crippen molar-refractivity contribution in [2.75, 3.05) is 40.9 Å². The van der Waals surface area contributed by atoms with Crippen LogP contribution in [0.15, 0.2) is 122 Å². The summed E-state index contributed by atoms with van der Waals surface area (Å²) < 4.78 is 23.4. The van der Waals surface area contributed by atoms with Crippen LogP contribution in [0.3, 0.4) is 0 Å². The molecule has 0 saturated heterocycles. The normalized spacial score (nSPS) is 14.6. The number of amides is 1. The van der Waals surface area contributed by atoms with Crippen LogP contribution in [0, 0.1) is 0 Å². The van der Waals surface area contributed by atoms with Gasteiger partial charge in [-0.2, -0.15) is 0 Å². The minimum absolute atomic E-state index is 0.0142. The molecule has 8 nitrogen and oxygen atoms in total. The Labute approximate surface area is 482 Å². The number of nitrogens with one attached hydrogen (secondary N) is 1. The summed E-state index contributed by atoms with van der Waals surface area (Å²) in [5.74, 6) is -0.232. The molecule has 3 unspecified atom stereocenters. The summed E-state index contributed by atoms with van der Waals surface area (Å²) in [4.78, 5) is 25.6. The van der Waals surface area contributed by atoms with Crippen LogP contribution in [0.4, 0.5) is 0 Å². The zero-order valence-electron chi connectivity index (χ0n) is 51.1. The van der Waals surface area contributed by atoms with E-state index in [1.165, 1.54) is 135 Å². The maximum atomic E-state index is 13.0. The van der Waals surface area contributed by atoms with Crippen molar-refractivity contribution in [1.82, 2.24) is 5.32 Å². The van der Waals surface area contributed by atoms with E-state index in [4.69, 9.17) is 9.05 Å². The molecule has 0 aromatic rings. The average molecular weight is 1110 g/mol. The van der Waals surface area contributed by atoms with E-state index in [1.54, 1.807) is 6.08 Å². The van der Waals surface area contributed by atoms with Crippen molar-refractivity contribution in [1.29, 1.82) is 0 Å². The van der Waals surface area contributed by atoms with Gasteiger partial charge in [-0.15, -0.1) is 0 Å². The zero-order valence-corrected chi connectivity index (χ0v) is 52.0. The van der Waals surface area contributed by atoms with E-state index < -0.39 is 26.6 Å². The van der Waals surface area contributed by atoms with E-state index in [9.17, 15) is 19.4 Å². The number of nitrogens with zero attached hydrogens (tertiary/aromatic N) is 1. The number of carbonyl (C=O) groups is 1. The summed E-state index contributed by atoms with van der Waals surface area (Å²) in [5, 5.41) is 13.9. The first-order valence-electron chi connectivity index (χ1n) is 31.9. The molecule has 9 heteroatoms. The fourth-order valence-electron chi connectivity index (χ4n) is 8.73. The van der Waals surface area contributed by atoms with E-state index in [0.717, 1.165) is 96.3 Å². The summed E-state index contributed by atoms with van der Waals surface area (Å²) in [6.45, 7) is 4.52. The fraction of sp³-hybridized carbons (Fsp3) is 0.696. The second-order valence-corrected chi connectivity index (χ2v) is 23.8. The van der Waals surface area contributed by atoms with Gasteiger partial charge in [-0.1, -0.05) is 283 Å². The van der Waals surface area contributed by atoms with Gasteiger partial charge in [-0.3, -0.25) is 9.36 Å². The lowest BCUT2D eigenvalue weighted by Gasteiger charge is -2.29. The number of phosphoric ester groups is 1. The van der Waals surface area contributed by atoms with Crippen molar-refractivity contribution in [3.63, 3.8) is 0 Å². The van der Waals surface area contributed by atoms with Crippen molar-refractivity contribution < 1.29 is 32.9 Å². The lowest BCUT2D eigenvalue weighted by Crippen LogP contribution is -2.45. The second kappa shape index (κ2) is 58.6. The minimum atomic E-state index is -4.62. The number of hydrogen-bond acceptors (Lipinski definition) is 6. The lowest BCUT2D eigenvalue weighted by molar-refractivity contribution is -0.870. The van der Waals surface area contributed by atoms with Crippen molar-refractivity contribution in [3.05, 3.63) is 122 Å². The van der Waals surface area contributed by atoms with E-state index in [-0.39, 0.29) is 12.5 Å². The van der Waals surface area contributed by atoms with Crippen LogP contribution < -0.4 is 10.2 Å². The maximum absolute atomic E-state index is 13.0. The maximum Gasteiger partial charge on any atom is 0.268 e. The van der Waals surface area contributed by atoms with Crippen LogP contribution in [-0.2, 0) is 18.4 Å². The molecule has 2 N–H and O–H groups in total. The molecule has 0 aliphatic carbocycles. The monoisotopic (exact) mass is 1100 g/mol. The Bertz CT molecular complexity index is 1680. The predicted molar refractivity (Wildman–Crippen MR) is 339 cm³/mol. The Morgan fingerprint density at radius 3 is 1.14 bits per heavy atom. The third-order valence-corrected chi connectivity index (χ3v) is 14.6. The Morgan fingerprint density at radius 1 is 0.462 bits per heavy atom. The number of aliphatic hydroxyl groups is 1. The first kappa shape index (κ1) is 74.9. The van der Waals surface area contributed by atoms with Gasteiger partial charge in [0.05, 0.1) is 39.9 Å². The molecule has 0 heterocycles. The molecule has 1 amide bonds. The summed E-state index contributed by atoms with van der Waals surface area (Å²) in [7, 11) is 1.22. The lowest BCUT2D eigenvalue weighted by atomic mass is 10.0. The molecule has 0 rings (SSSR count). The third-order valence-electron chi connectivity index (χ3n) is 13.7. The van der Waals surface area contributed by atoms with Crippen molar-refractivity contribution in [2.45, 2.75) is 270 Å². The highest BCUT2D eigenvalue weighted by molar-refractivity contribution is 7.45. The highest BCUT2D eigenvalue weighted by Crippen LogP contribution is 2.38. The smallest absolute Gasteiger partial charge is 0.268 e. The van der Waals surface area contributed by atoms with Crippen LogP contribution in [0.2, 0.25) is 0 Å². The van der Waals surface area contributed by atoms with Gasteiger partial charge in [0.15, 0.2) is 0 Å². The van der Waals surface area contributed by atoms with Gasteiger partial charge >= 0.3 is 0 Å². The van der Waals surface area contributed by atoms with Crippen LogP contribution >= 0.6 is 7.82 Å². The quantitative estimate of drug-likeness (QED) is 0.0272. The Hall–Kier alpha value is -3.10. The molecule has 0 aromatic heterocycles. The molecule has 448 valence electrons. The SMILES string of the molecule is CC/C=C\C/C=C\C/C=C\C/C=C\C/C=C\C/C=C\C/C=C\C/C=C\C/C=C\CCCCCC(=O)NC(COP(=O)([O-])OCC[N+](C)(C)C)C(O)/C=C/CCCCCCCCCCCCCCCCCCCCCCCCC. The topological polar surface area (TPSA) is 108 Å². The van der Waals surface area contributed by atoms with Crippen molar-refractivity contribution >= 4 is 13.7 Å². The number of quaternary nitrogens is 1. The Kier molecular flexibility index (Phi) is 56.2. The Balaban J connectivity index is 4.28. The van der Waals surface area contributed by atoms with E-state index >= 15 is 0 Å². The van der Waals surface area contributed by atoms with Crippen LogP contribution in [0.25, 0.3) is 0 Å². The van der Waals surface area contributed by atoms with Gasteiger partial charge in [0.25, 0.3) is 7.82 Å². The molecule has 3 atom stereocenters. The minimum Gasteiger partial charge on any atom is -0.756 e. The molecular formula is C69H121N2O6P. The van der Waals surface area contributed by atoms with Gasteiger partial charge < -0.3 is 28.8 Å². The highest BCUT2D eigenvalue weighted by Gasteiger charge is 2.23. The predicted octanol–water partition coefficient (Wildman–Crippen LogP) is 19.5. The van der Waals surface area contributed by atoms with Gasteiger partial charge in [0, 0.05) is 6.42 Å². The van der Waals surface area contributed by atoms with Gasteiger partial charge in [-0.25, -0.2) is 0 Å². The summed E-state index contributed by atoms with van der Waals surface area (Å²) in [5.41, 5.74) is 0. The van der Waals surface area contributed by atoms with Gasteiger partial charge in [0.1, 0.15) is 13.2 Å². The number of aliphatic hydroxyl groups excluding tert-OH is 1. The largest absolute Gasteiger partial charge is 0.756 e. The first-order valence-corrected chi connectivity index (χ1v) is 33.4. The number of unbranched alkanes of at least 4 members (excludes halogenated alkanes) is 26. The van der Waals surface area contributed by atoms with Crippen LogP contribution in [0.5, 0.6) is 0 Å². The number of allylic oxidation sites excluding steroid dienone is 19. The second-order valence-electron chi connectivity index (χ2n) is 22.4. The van der Waals surface area contributed by atoms with E-state index in [2.05, 4.69) is 129 Å². The fourth-order valence-corrected chi connectivity index (χ4v) is 9.46. The van der Waals surface area contributed by atoms with Crippen LogP contribution in [-0.4, -0.2) is 68.5 Å². The summed E-state index contributed by atoms with van der Waals surface area (Å²) in [6, 6.07) is -0.915. The highest BCUT2D eigenvalue weighted by atomic mass is 31.2. The van der Waals surface area contributed by atoms with E-state index in [1.807, 2.05) is 27.2 Å². The molecule has 0 radical (unpaired) electrons. The number of hydrogen-bond donors (Lipinski definition) is 2. The molecule has 0 aliphatic heterocycles. The summed E-state index contributed by atoms with van der Waals surface area (Å²) >= 11 is 0. The molecule has 0 aromatic carbocycles. The number of carbonyl (C=O) groups excluding carboxylic acids is 1. The first-order chi connectivity index (χ1) is 38.0. The molecule has 78 heavy (non-hydrogen) atoms. The number of rotatable bonds is 57. The standard InChI is InChI=1S/C69H121N2O6P/c1-6-8-10-12-14-16-18-20-22-24-26-28-30-32-33-34-35-36-37-39-41-43-45-47-49-51-53-55-57-59-61-63-69(73)70-67(66-77-78(74,75)76-65-64-71(3,4)5)68(72)62-60-58-56-54-52-50-48-46-44-42-40-38-31-29-27-25-23-21-19-17-15-13-11-9-7-2/h8,10,14,16,20,22,26,28,32-33,35-36,39,41,45,47,51,53,60,62,67-68,72H,6-7,9,11-13,15,17-19,21,23-25,27,29-31,34,37-38,40,42-44,46,48-50,52,54-59,61,63-66H2,1-5H3,(H-,70,73,74,75)/b10-8-,16-14-,22-20-,28-26-,33-32-,36-35-,41-39-,47-45-,53-51-,62-60+. The molecular weight excluding hydrogens is 984 g/mol. The van der Waals surface area contributed by atoms with Crippen LogP contribution in [0.1, 0.15) is 258 Å². The van der Waals surface area contributed by atoms with Gasteiger partial charge in [0.2, 0.25) is 5.91 Å². The molecule has 0 saturated carbocycles. The Morgan fingerprint density at radius 2 is 0.782 bits per heavy atom. The molecule has 0 bridgehead atoms. The van der Waals surface area contributed by atoms with Crippen molar-refractivity contribution in [3.8, 4) is 0 Å². The summed E-state index contributed by atoms with van der Waals surface area (Å²) in [6.07, 6.45) is 87.2. The van der Waals surface area contributed by atoms with Crippen molar-refractivity contribution in [2.24, 2.45) is 0 Å². The zero-order chi connectivity index (χ0) is 57.0. The third kappa shape index (κ3) is 60.5. The average Bonchev–Trinajstić information content (AvgIpc) is 3.41. The molecule has 0 spiro atoms. The molecule has 0 fully saturated rings. The number of likely N-dealkylation sites (N-methyl/N-ethyl adjacent to an activating group) is 1.